The van der Waals surface area contributed by atoms with Crippen molar-refractivity contribution in [3.05, 3.63) is 35.4 Å². The zero-order chi connectivity index (χ0) is 15.0. The summed E-state index contributed by atoms with van der Waals surface area (Å²) in [5, 5.41) is 0. The molecule has 0 radical (unpaired) electrons. The lowest BCUT2D eigenvalue weighted by Gasteiger charge is -2.16. The smallest absolute Gasteiger partial charge is 0.324 e. The summed E-state index contributed by atoms with van der Waals surface area (Å²) in [7, 11) is -2.95. The average Bonchev–Trinajstić information content (AvgIpc) is 2.67. The molecule has 2 unspecified atom stereocenters. The minimum absolute atomic E-state index is 0.00251. The van der Waals surface area contributed by atoms with Gasteiger partial charge < -0.3 is 5.73 Å². The summed E-state index contributed by atoms with van der Waals surface area (Å²) >= 11 is 0. The van der Waals surface area contributed by atoms with Gasteiger partial charge in [0.15, 0.2) is 9.84 Å². The van der Waals surface area contributed by atoms with Crippen molar-refractivity contribution in [2.75, 3.05) is 11.5 Å². The lowest BCUT2D eigenvalue weighted by atomic mass is 9.94. The van der Waals surface area contributed by atoms with Gasteiger partial charge in [-0.2, -0.15) is 13.2 Å². The molecule has 1 heterocycles. The third-order valence-corrected chi connectivity index (χ3v) is 5.42. The standard InChI is InChI=1S/C13H16F3NO2S/c14-13(15,16)11-3-1-10(2-4-11)12(17)7-9-5-6-20(18,19)8-9/h1-4,9,12H,5-8,17H2. The average molecular weight is 307 g/mol. The number of benzene rings is 1. The molecule has 1 aromatic rings. The highest BCUT2D eigenvalue weighted by atomic mass is 32.2. The van der Waals surface area contributed by atoms with Crippen LogP contribution in [0.4, 0.5) is 13.2 Å². The van der Waals surface area contributed by atoms with Gasteiger partial charge in [0.2, 0.25) is 0 Å². The molecule has 1 saturated heterocycles. The van der Waals surface area contributed by atoms with Crippen LogP contribution in [0.25, 0.3) is 0 Å². The van der Waals surface area contributed by atoms with E-state index in [0.29, 0.717) is 18.4 Å². The first-order chi connectivity index (χ1) is 9.17. The molecule has 0 saturated carbocycles. The SMILES string of the molecule is NC(CC1CCS(=O)(=O)C1)c1ccc(C(F)(F)F)cc1. The Hall–Kier alpha value is -1.08. The maximum Gasteiger partial charge on any atom is 0.416 e. The number of alkyl halides is 3. The molecule has 3 nitrogen and oxygen atoms in total. The van der Waals surface area contributed by atoms with Gasteiger partial charge in [0.1, 0.15) is 0 Å². The van der Waals surface area contributed by atoms with E-state index in [-0.39, 0.29) is 17.4 Å². The monoisotopic (exact) mass is 307 g/mol. The van der Waals surface area contributed by atoms with Gasteiger partial charge in [-0.1, -0.05) is 12.1 Å². The Bertz CT molecular complexity index is 566. The summed E-state index contributed by atoms with van der Waals surface area (Å²) in [5.41, 5.74) is 5.83. The van der Waals surface area contributed by atoms with Crippen molar-refractivity contribution in [3.63, 3.8) is 0 Å². The highest BCUT2D eigenvalue weighted by Crippen LogP contribution is 2.31. The van der Waals surface area contributed by atoms with E-state index in [0.717, 1.165) is 12.1 Å². The molecule has 112 valence electrons. The Balaban J connectivity index is 2.01. The van der Waals surface area contributed by atoms with Crippen LogP contribution in [0.5, 0.6) is 0 Å². The third-order valence-electron chi connectivity index (χ3n) is 3.58. The van der Waals surface area contributed by atoms with Crippen molar-refractivity contribution in [1.82, 2.24) is 0 Å². The maximum atomic E-state index is 12.4. The Kier molecular flexibility index (Phi) is 4.11. The van der Waals surface area contributed by atoms with Gasteiger partial charge in [0.25, 0.3) is 0 Å². The van der Waals surface area contributed by atoms with Crippen LogP contribution in [0.2, 0.25) is 0 Å². The lowest BCUT2D eigenvalue weighted by molar-refractivity contribution is -0.137. The molecule has 0 bridgehead atoms. The Morgan fingerprint density at radius 2 is 1.85 bits per heavy atom. The van der Waals surface area contributed by atoms with Crippen LogP contribution < -0.4 is 5.73 Å². The van der Waals surface area contributed by atoms with Gasteiger partial charge in [0, 0.05) is 6.04 Å². The van der Waals surface area contributed by atoms with Crippen molar-refractivity contribution in [2.45, 2.75) is 25.1 Å². The summed E-state index contributed by atoms with van der Waals surface area (Å²) < 4.78 is 60.0. The summed E-state index contributed by atoms with van der Waals surface area (Å²) in [6.45, 7) is 0. The fraction of sp³-hybridized carbons (Fsp3) is 0.538. The number of sulfone groups is 1. The first-order valence-electron chi connectivity index (χ1n) is 6.30. The highest BCUT2D eigenvalue weighted by Gasteiger charge is 2.31. The molecule has 0 aromatic heterocycles. The van der Waals surface area contributed by atoms with E-state index in [4.69, 9.17) is 5.73 Å². The predicted molar refractivity (Wildman–Crippen MR) is 69.8 cm³/mol. The molecule has 2 atom stereocenters. The van der Waals surface area contributed by atoms with E-state index in [1.807, 2.05) is 0 Å². The van der Waals surface area contributed by atoms with Gasteiger partial charge in [-0.3, -0.25) is 0 Å². The molecule has 1 aliphatic rings. The van der Waals surface area contributed by atoms with Crippen LogP contribution in [-0.4, -0.2) is 19.9 Å². The molecule has 1 fully saturated rings. The molecular weight excluding hydrogens is 291 g/mol. The largest absolute Gasteiger partial charge is 0.416 e. The Labute approximate surface area is 115 Å². The first kappa shape index (κ1) is 15.3. The highest BCUT2D eigenvalue weighted by molar-refractivity contribution is 7.91. The summed E-state index contributed by atoms with van der Waals surface area (Å²) in [6.07, 6.45) is -3.30. The van der Waals surface area contributed by atoms with Crippen LogP contribution in [-0.2, 0) is 16.0 Å². The molecule has 1 aliphatic heterocycles. The summed E-state index contributed by atoms with van der Waals surface area (Å²) in [6, 6.07) is 4.28. The maximum absolute atomic E-state index is 12.4. The van der Waals surface area contributed by atoms with E-state index >= 15 is 0 Å². The zero-order valence-electron chi connectivity index (χ0n) is 10.7. The fourth-order valence-electron chi connectivity index (χ4n) is 2.47. The molecular formula is C13H16F3NO2S. The van der Waals surface area contributed by atoms with Crippen LogP contribution in [0.15, 0.2) is 24.3 Å². The van der Waals surface area contributed by atoms with Gasteiger partial charge in [-0.15, -0.1) is 0 Å². The van der Waals surface area contributed by atoms with Gasteiger partial charge in [0.05, 0.1) is 17.1 Å². The third kappa shape index (κ3) is 3.73. The second-order valence-corrected chi connectivity index (χ2v) is 7.46. The predicted octanol–water partition coefficient (Wildman–Crippen LogP) is 2.53. The fourth-order valence-corrected chi connectivity index (χ4v) is 4.35. The summed E-state index contributed by atoms with van der Waals surface area (Å²) in [4.78, 5) is 0. The van der Waals surface area contributed by atoms with Gasteiger partial charge in [-0.25, -0.2) is 8.42 Å². The first-order valence-corrected chi connectivity index (χ1v) is 8.13. The van der Waals surface area contributed by atoms with Gasteiger partial charge in [-0.05, 0) is 36.5 Å². The van der Waals surface area contributed by atoms with Crippen molar-refractivity contribution >= 4 is 9.84 Å². The molecule has 20 heavy (non-hydrogen) atoms. The van der Waals surface area contributed by atoms with E-state index in [2.05, 4.69) is 0 Å². The van der Waals surface area contributed by atoms with E-state index < -0.39 is 27.6 Å². The molecule has 7 heteroatoms. The van der Waals surface area contributed by atoms with Crippen LogP contribution in [0.1, 0.15) is 30.0 Å². The number of halogens is 3. The van der Waals surface area contributed by atoms with Crippen molar-refractivity contribution in [3.8, 4) is 0 Å². The second kappa shape index (κ2) is 5.37. The Morgan fingerprint density at radius 1 is 1.25 bits per heavy atom. The zero-order valence-corrected chi connectivity index (χ0v) is 11.5. The van der Waals surface area contributed by atoms with Crippen LogP contribution in [0.3, 0.4) is 0 Å². The molecule has 1 aromatic carbocycles. The molecule has 0 amide bonds. The topological polar surface area (TPSA) is 60.2 Å². The summed E-state index contributed by atoms with van der Waals surface area (Å²) in [5.74, 6) is 0.302. The molecule has 0 spiro atoms. The minimum atomic E-state index is -4.36. The molecule has 2 N–H and O–H groups in total. The normalized spacial score (nSPS) is 23.7. The van der Waals surface area contributed by atoms with E-state index in [1.165, 1.54) is 12.1 Å². The van der Waals surface area contributed by atoms with E-state index in [1.54, 1.807) is 0 Å². The lowest BCUT2D eigenvalue weighted by Crippen LogP contribution is -2.17. The number of hydrogen-bond donors (Lipinski definition) is 1. The van der Waals surface area contributed by atoms with Crippen LogP contribution in [0, 0.1) is 5.92 Å². The van der Waals surface area contributed by atoms with Gasteiger partial charge >= 0.3 is 6.18 Å². The van der Waals surface area contributed by atoms with E-state index in [9.17, 15) is 21.6 Å². The second-order valence-electron chi connectivity index (χ2n) is 5.23. The van der Waals surface area contributed by atoms with Crippen molar-refractivity contribution < 1.29 is 21.6 Å². The molecule has 0 aliphatic carbocycles. The number of rotatable bonds is 3. The quantitative estimate of drug-likeness (QED) is 0.933. The van der Waals surface area contributed by atoms with Crippen LogP contribution >= 0.6 is 0 Å². The molecule has 2 rings (SSSR count). The van der Waals surface area contributed by atoms with Crippen molar-refractivity contribution in [1.29, 1.82) is 0 Å². The number of nitrogens with two attached hydrogens (primary N) is 1. The minimum Gasteiger partial charge on any atom is -0.324 e. The number of hydrogen-bond acceptors (Lipinski definition) is 3. The van der Waals surface area contributed by atoms with Crippen molar-refractivity contribution in [2.24, 2.45) is 11.7 Å². The Morgan fingerprint density at radius 3 is 2.30 bits per heavy atom.